The van der Waals surface area contributed by atoms with E-state index in [1.54, 1.807) is 11.0 Å². The molecule has 3 fully saturated rings. The molecule has 1 aliphatic carbocycles. The topological polar surface area (TPSA) is 79.0 Å². The number of carbonyl (C=O) groups is 3. The average molecular weight is 492 g/mol. The Kier molecular flexibility index (Phi) is 8.57. The number of hydrogen-bond acceptors (Lipinski definition) is 4. The second kappa shape index (κ2) is 11.8. The van der Waals surface area contributed by atoms with Gasteiger partial charge >= 0.3 is 6.61 Å². The molecule has 3 amide bonds. The fourth-order valence-electron chi connectivity index (χ4n) is 5.56. The second-order valence-electron chi connectivity index (χ2n) is 9.91. The number of likely N-dealkylation sites (tertiary alicyclic amines) is 2. The Bertz CT molecular complexity index is 898. The van der Waals surface area contributed by atoms with Gasteiger partial charge in [0.15, 0.2) is 0 Å². The molecule has 0 spiro atoms. The van der Waals surface area contributed by atoms with Gasteiger partial charge in [0, 0.05) is 38.1 Å². The molecule has 7 nitrogen and oxygen atoms in total. The molecule has 1 unspecified atom stereocenters. The maximum atomic E-state index is 13.0. The van der Waals surface area contributed by atoms with Crippen LogP contribution in [0.4, 0.5) is 8.78 Å². The third-order valence-electron chi connectivity index (χ3n) is 7.52. The number of hydrogen-bond donors (Lipinski definition) is 1. The van der Waals surface area contributed by atoms with Gasteiger partial charge in [-0.15, -0.1) is 0 Å². The van der Waals surface area contributed by atoms with Crippen LogP contribution in [0.2, 0.25) is 0 Å². The molecule has 2 aliphatic heterocycles. The van der Waals surface area contributed by atoms with Crippen LogP contribution >= 0.6 is 0 Å². The summed E-state index contributed by atoms with van der Waals surface area (Å²) in [5, 5.41) is 3.13. The predicted molar refractivity (Wildman–Crippen MR) is 126 cm³/mol. The van der Waals surface area contributed by atoms with Gasteiger partial charge in [-0.05, 0) is 50.7 Å². The fourth-order valence-corrected chi connectivity index (χ4v) is 5.56. The minimum atomic E-state index is -3.02. The summed E-state index contributed by atoms with van der Waals surface area (Å²) >= 11 is 0. The Balaban J connectivity index is 1.28. The molecule has 1 atom stereocenters. The van der Waals surface area contributed by atoms with Gasteiger partial charge in [0.1, 0.15) is 5.75 Å². The third kappa shape index (κ3) is 6.49. The Morgan fingerprint density at radius 2 is 1.54 bits per heavy atom. The van der Waals surface area contributed by atoms with Crippen LogP contribution in [0.3, 0.4) is 0 Å². The van der Waals surface area contributed by atoms with Crippen molar-refractivity contribution in [1.29, 1.82) is 0 Å². The van der Waals surface area contributed by atoms with Crippen LogP contribution < -0.4 is 10.1 Å². The number of para-hydroxylation sites is 1. The maximum Gasteiger partial charge on any atom is 0.387 e. The number of rotatable bonds is 6. The molecule has 1 aromatic rings. The number of ether oxygens (including phenoxy) is 1. The first-order chi connectivity index (χ1) is 16.9. The number of amides is 3. The second-order valence-corrected chi connectivity index (χ2v) is 9.91. The van der Waals surface area contributed by atoms with Crippen molar-refractivity contribution < 1.29 is 27.9 Å². The highest BCUT2D eigenvalue weighted by molar-refractivity contribution is 5.97. The van der Waals surface area contributed by atoms with Crippen molar-refractivity contribution >= 4 is 17.7 Å². The van der Waals surface area contributed by atoms with Crippen LogP contribution in [-0.4, -0.2) is 66.4 Å². The van der Waals surface area contributed by atoms with E-state index in [4.69, 9.17) is 0 Å². The fraction of sp³-hybridized carbons (Fsp3) is 0.654. The molecule has 0 aromatic heterocycles. The van der Waals surface area contributed by atoms with Crippen molar-refractivity contribution in [3.05, 3.63) is 29.8 Å². The Morgan fingerprint density at radius 1 is 0.857 bits per heavy atom. The first-order valence-corrected chi connectivity index (χ1v) is 12.8. The number of nitrogens with zero attached hydrogens (tertiary/aromatic N) is 2. The average Bonchev–Trinajstić information content (AvgIpc) is 2.89. The lowest BCUT2D eigenvalue weighted by Crippen LogP contribution is -2.51. The summed E-state index contributed by atoms with van der Waals surface area (Å²) in [6.45, 7) is -0.986. The van der Waals surface area contributed by atoms with E-state index in [2.05, 4.69) is 10.1 Å². The van der Waals surface area contributed by atoms with Gasteiger partial charge in [-0.25, -0.2) is 0 Å². The Morgan fingerprint density at radius 3 is 2.26 bits per heavy atom. The molecule has 4 rings (SSSR count). The van der Waals surface area contributed by atoms with Crippen molar-refractivity contribution in [3.63, 3.8) is 0 Å². The third-order valence-corrected chi connectivity index (χ3v) is 7.52. The Labute approximate surface area is 205 Å². The quantitative estimate of drug-likeness (QED) is 0.656. The van der Waals surface area contributed by atoms with Gasteiger partial charge in [-0.1, -0.05) is 31.4 Å². The van der Waals surface area contributed by atoms with Crippen LogP contribution in [-0.2, 0) is 9.59 Å². The standard InChI is InChI=1S/C26H35F2N3O4/c27-26(28)35-22-11-5-4-10-21(22)25(34)31-14-6-9-19(17-31)23(32)29-20-12-15-30(16-13-20)24(33)18-7-2-1-3-8-18/h4-5,10-11,18-20,26H,1-3,6-9,12-17H2,(H,29,32). The van der Waals surface area contributed by atoms with Gasteiger partial charge in [0.25, 0.3) is 5.91 Å². The van der Waals surface area contributed by atoms with E-state index in [-0.39, 0.29) is 47.5 Å². The maximum absolute atomic E-state index is 13.0. The minimum absolute atomic E-state index is 0.0177. The monoisotopic (exact) mass is 491 g/mol. The zero-order valence-corrected chi connectivity index (χ0v) is 20.1. The zero-order valence-electron chi connectivity index (χ0n) is 20.1. The van der Waals surface area contributed by atoms with Crippen molar-refractivity contribution in [2.45, 2.75) is 70.4 Å². The van der Waals surface area contributed by atoms with E-state index in [0.717, 1.165) is 38.5 Å². The SMILES string of the molecule is O=C(NC1CCN(C(=O)C2CCCCC2)CC1)C1CCCN(C(=O)c2ccccc2OC(F)F)C1. The molecular formula is C26H35F2N3O4. The zero-order chi connectivity index (χ0) is 24.8. The predicted octanol–water partition coefficient (Wildman–Crippen LogP) is 3.83. The van der Waals surface area contributed by atoms with Gasteiger partial charge in [-0.3, -0.25) is 14.4 Å². The van der Waals surface area contributed by atoms with E-state index in [9.17, 15) is 23.2 Å². The molecule has 3 aliphatic rings. The highest BCUT2D eigenvalue weighted by Crippen LogP contribution is 2.28. The minimum Gasteiger partial charge on any atom is -0.434 e. The largest absolute Gasteiger partial charge is 0.434 e. The van der Waals surface area contributed by atoms with Crippen molar-refractivity contribution in [3.8, 4) is 5.75 Å². The first kappa shape index (κ1) is 25.4. The molecule has 1 aromatic carbocycles. The summed E-state index contributed by atoms with van der Waals surface area (Å²) in [6, 6.07) is 5.97. The molecule has 2 heterocycles. The van der Waals surface area contributed by atoms with Crippen LogP contribution in [0.25, 0.3) is 0 Å². The highest BCUT2D eigenvalue weighted by atomic mass is 19.3. The molecule has 0 radical (unpaired) electrons. The van der Waals surface area contributed by atoms with E-state index < -0.39 is 12.5 Å². The van der Waals surface area contributed by atoms with Crippen molar-refractivity contribution in [1.82, 2.24) is 15.1 Å². The van der Waals surface area contributed by atoms with Crippen LogP contribution in [0.5, 0.6) is 5.75 Å². The molecule has 1 saturated carbocycles. The smallest absolute Gasteiger partial charge is 0.387 e. The molecular weight excluding hydrogens is 456 g/mol. The van der Waals surface area contributed by atoms with E-state index in [0.29, 0.717) is 32.5 Å². The number of piperidine rings is 2. The van der Waals surface area contributed by atoms with Gasteiger partial charge in [0.05, 0.1) is 11.5 Å². The lowest BCUT2D eigenvalue weighted by Gasteiger charge is -2.37. The number of alkyl halides is 2. The number of carbonyl (C=O) groups excluding carboxylic acids is 3. The molecule has 35 heavy (non-hydrogen) atoms. The van der Waals surface area contributed by atoms with Gasteiger partial charge in [-0.2, -0.15) is 8.78 Å². The summed E-state index contributed by atoms with van der Waals surface area (Å²) in [5.74, 6) is -0.569. The van der Waals surface area contributed by atoms with Crippen molar-refractivity contribution in [2.24, 2.45) is 11.8 Å². The number of halogens is 2. The van der Waals surface area contributed by atoms with Crippen LogP contribution in [0, 0.1) is 11.8 Å². The van der Waals surface area contributed by atoms with Crippen LogP contribution in [0.1, 0.15) is 68.1 Å². The molecule has 1 N–H and O–H groups in total. The highest BCUT2D eigenvalue weighted by Gasteiger charge is 2.33. The number of nitrogens with one attached hydrogen (secondary N) is 1. The van der Waals surface area contributed by atoms with E-state index >= 15 is 0 Å². The van der Waals surface area contributed by atoms with Crippen LogP contribution in [0.15, 0.2) is 24.3 Å². The lowest BCUT2D eigenvalue weighted by molar-refractivity contribution is -0.137. The first-order valence-electron chi connectivity index (χ1n) is 12.8. The normalized spacial score (nSPS) is 22.2. The van der Waals surface area contributed by atoms with E-state index in [1.165, 1.54) is 24.6 Å². The van der Waals surface area contributed by atoms with Gasteiger partial charge in [0.2, 0.25) is 11.8 Å². The molecule has 2 saturated heterocycles. The number of benzene rings is 1. The lowest BCUT2D eigenvalue weighted by atomic mass is 9.87. The van der Waals surface area contributed by atoms with Gasteiger partial charge < -0.3 is 19.9 Å². The molecule has 9 heteroatoms. The van der Waals surface area contributed by atoms with E-state index in [1.807, 2.05) is 4.90 Å². The summed E-state index contributed by atoms with van der Waals surface area (Å²) in [6.07, 6.45) is 8.27. The Hall–Kier alpha value is -2.71. The molecule has 192 valence electrons. The summed E-state index contributed by atoms with van der Waals surface area (Å²) in [7, 11) is 0. The summed E-state index contributed by atoms with van der Waals surface area (Å²) in [5.41, 5.74) is 0.0730. The molecule has 0 bridgehead atoms. The van der Waals surface area contributed by atoms with Crippen molar-refractivity contribution in [2.75, 3.05) is 26.2 Å². The summed E-state index contributed by atoms with van der Waals surface area (Å²) in [4.78, 5) is 42.3. The summed E-state index contributed by atoms with van der Waals surface area (Å²) < 4.78 is 30.0.